The van der Waals surface area contributed by atoms with Crippen LogP contribution in [0.1, 0.15) is 6.92 Å². The summed E-state index contributed by atoms with van der Waals surface area (Å²) >= 11 is 1.08. The van der Waals surface area contributed by atoms with E-state index in [9.17, 15) is 22.0 Å². The minimum Gasteiger partial charge on any atom is -0.302 e. The number of nitrogens with one attached hydrogen (secondary N) is 1. The molecule has 1 amide bonds. The van der Waals surface area contributed by atoms with Crippen molar-refractivity contribution in [3.05, 3.63) is 66.2 Å². The van der Waals surface area contributed by atoms with Crippen LogP contribution in [0, 0.1) is 11.6 Å². The summed E-state index contributed by atoms with van der Waals surface area (Å²) in [5, 5.41) is 2.40. The largest absolute Gasteiger partial charge is 0.302 e. The molecule has 30 heavy (non-hydrogen) atoms. The van der Waals surface area contributed by atoms with Crippen molar-refractivity contribution in [3.63, 3.8) is 0 Å². The number of fused-ring (bicyclic) bond motifs is 1. The molecule has 0 unspecified atom stereocenters. The van der Waals surface area contributed by atoms with Crippen LogP contribution in [-0.4, -0.2) is 24.3 Å². The van der Waals surface area contributed by atoms with Gasteiger partial charge < -0.3 is 5.32 Å². The lowest BCUT2D eigenvalue weighted by Crippen LogP contribution is -2.07. The number of hydrogen-bond acceptors (Lipinski definition) is 6. The predicted molar refractivity (Wildman–Crippen MR) is 109 cm³/mol. The second kappa shape index (κ2) is 7.54. The molecule has 0 saturated heterocycles. The summed E-state index contributed by atoms with van der Waals surface area (Å²) in [6.45, 7) is 1.32. The Bertz CT molecular complexity index is 1400. The zero-order chi connectivity index (χ0) is 21.5. The van der Waals surface area contributed by atoms with Crippen molar-refractivity contribution in [1.29, 1.82) is 0 Å². The number of anilines is 1. The van der Waals surface area contributed by atoms with Crippen LogP contribution in [0.5, 0.6) is 0 Å². The number of nitrogens with zero attached hydrogens (tertiary/aromatic N) is 2. The van der Waals surface area contributed by atoms with Gasteiger partial charge in [0.1, 0.15) is 16.2 Å². The van der Waals surface area contributed by atoms with Gasteiger partial charge >= 0.3 is 0 Å². The zero-order valence-corrected chi connectivity index (χ0v) is 17.0. The third-order valence-corrected chi connectivity index (χ3v) is 6.76. The first-order valence-corrected chi connectivity index (χ1v) is 10.9. The number of aromatic nitrogens is 2. The van der Waals surface area contributed by atoms with E-state index in [4.69, 9.17) is 0 Å². The van der Waals surface area contributed by atoms with Crippen LogP contribution in [0.15, 0.2) is 64.5 Å². The summed E-state index contributed by atoms with van der Waals surface area (Å²) in [7, 11) is -4.20. The number of carbonyl (C=O) groups excluding carboxylic acids is 1. The Morgan fingerprint density at radius 2 is 1.77 bits per heavy atom. The third kappa shape index (κ3) is 3.66. The lowest BCUT2D eigenvalue weighted by molar-refractivity contribution is -0.114. The van der Waals surface area contributed by atoms with Gasteiger partial charge in [-0.05, 0) is 36.4 Å². The average Bonchev–Trinajstić information content (AvgIpc) is 3.10. The maximum Gasteiger partial charge on any atom is 0.226 e. The van der Waals surface area contributed by atoms with Crippen molar-refractivity contribution in [2.45, 2.75) is 16.8 Å². The summed E-state index contributed by atoms with van der Waals surface area (Å²) in [5.74, 6) is -1.85. The minimum absolute atomic E-state index is 0.0858. The van der Waals surface area contributed by atoms with Crippen LogP contribution < -0.4 is 5.32 Å². The number of carbonyl (C=O) groups is 1. The molecule has 0 aliphatic rings. The highest BCUT2D eigenvalue weighted by molar-refractivity contribution is 7.91. The fourth-order valence-corrected chi connectivity index (χ4v) is 5.09. The molecule has 6 nitrogen and oxygen atoms in total. The standard InChI is InChI=1S/C20H13F2N3O3S2/c1-11(26)23-20-25-19-14(22)9-12(10-16(19)29-20)15-6-4-8-18(24-15)30(27,28)17-7-3-2-5-13(17)21/h2-10H,1H3,(H,23,25,26). The smallest absolute Gasteiger partial charge is 0.226 e. The first kappa shape index (κ1) is 20.0. The molecule has 1 N–H and O–H groups in total. The fourth-order valence-electron chi connectivity index (χ4n) is 2.84. The highest BCUT2D eigenvalue weighted by atomic mass is 32.2. The van der Waals surface area contributed by atoms with Gasteiger partial charge in [-0.2, -0.15) is 0 Å². The van der Waals surface area contributed by atoms with E-state index in [0.717, 1.165) is 23.5 Å². The second-order valence-electron chi connectivity index (χ2n) is 6.30. The van der Waals surface area contributed by atoms with E-state index in [1.807, 2.05) is 0 Å². The highest BCUT2D eigenvalue weighted by Crippen LogP contribution is 2.33. The normalized spacial score (nSPS) is 11.6. The van der Waals surface area contributed by atoms with Gasteiger partial charge in [-0.3, -0.25) is 4.79 Å². The molecule has 152 valence electrons. The van der Waals surface area contributed by atoms with E-state index in [2.05, 4.69) is 15.3 Å². The Hall–Kier alpha value is -3.24. The predicted octanol–water partition coefficient (Wildman–Crippen LogP) is 4.43. The molecule has 0 aliphatic heterocycles. The van der Waals surface area contributed by atoms with Gasteiger partial charge in [0, 0.05) is 12.5 Å². The van der Waals surface area contributed by atoms with E-state index in [1.54, 1.807) is 6.07 Å². The van der Waals surface area contributed by atoms with Crippen molar-refractivity contribution in [2.24, 2.45) is 0 Å². The van der Waals surface area contributed by atoms with E-state index < -0.39 is 26.4 Å². The van der Waals surface area contributed by atoms with Crippen LogP contribution in [0.25, 0.3) is 21.5 Å². The summed E-state index contributed by atoms with van der Waals surface area (Å²) in [6, 6.07) is 12.0. The molecule has 0 saturated carbocycles. The van der Waals surface area contributed by atoms with Crippen LogP contribution in [-0.2, 0) is 14.6 Å². The lowest BCUT2D eigenvalue weighted by Gasteiger charge is -2.07. The molecule has 4 rings (SSSR count). The molecule has 0 bridgehead atoms. The van der Waals surface area contributed by atoms with Gasteiger partial charge in [-0.1, -0.05) is 29.5 Å². The first-order chi connectivity index (χ1) is 14.3. The second-order valence-corrected chi connectivity index (χ2v) is 9.20. The molecule has 2 heterocycles. The molecule has 0 fully saturated rings. The number of halogens is 2. The van der Waals surface area contributed by atoms with Crippen LogP contribution in [0.3, 0.4) is 0 Å². The number of thiazole rings is 1. The number of benzene rings is 2. The van der Waals surface area contributed by atoms with Gasteiger partial charge in [-0.25, -0.2) is 27.2 Å². The summed E-state index contributed by atoms with van der Waals surface area (Å²) < 4.78 is 54.6. The van der Waals surface area contributed by atoms with E-state index in [0.29, 0.717) is 10.3 Å². The number of hydrogen-bond donors (Lipinski definition) is 1. The Kier molecular flexibility index (Phi) is 5.04. The van der Waals surface area contributed by atoms with E-state index in [1.165, 1.54) is 43.3 Å². The Morgan fingerprint density at radius 3 is 2.50 bits per heavy atom. The Morgan fingerprint density at radius 1 is 1.00 bits per heavy atom. The molecule has 2 aromatic heterocycles. The number of rotatable bonds is 4. The summed E-state index contributed by atoms with van der Waals surface area (Å²) in [4.78, 5) is 18.9. The number of amides is 1. The maximum absolute atomic E-state index is 14.6. The van der Waals surface area contributed by atoms with E-state index >= 15 is 0 Å². The van der Waals surface area contributed by atoms with Gasteiger partial charge in [0.25, 0.3) is 0 Å². The van der Waals surface area contributed by atoms with Crippen LogP contribution in [0.2, 0.25) is 0 Å². The summed E-state index contributed by atoms with van der Waals surface area (Å²) in [5.41, 5.74) is 0.605. The average molecular weight is 445 g/mol. The van der Waals surface area contributed by atoms with Gasteiger partial charge in [0.2, 0.25) is 15.7 Å². The monoisotopic (exact) mass is 445 g/mol. The molecule has 0 aliphatic carbocycles. The van der Waals surface area contributed by atoms with Gasteiger partial charge in [0.15, 0.2) is 16.0 Å². The molecule has 2 aromatic carbocycles. The molecule has 4 aromatic rings. The SMILES string of the molecule is CC(=O)Nc1nc2c(F)cc(-c3cccc(S(=O)(=O)c4ccccc4F)n3)cc2s1. The maximum atomic E-state index is 14.6. The van der Waals surface area contributed by atoms with Crippen LogP contribution >= 0.6 is 11.3 Å². The highest BCUT2D eigenvalue weighted by Gasteiger charge is 2.23. The number of pyridine rings is 1. The quantitative estimate of drug-likeness (QED) is 0.502. The Balaban J connectivity index is 1.80. The van der Waals surface area contributed by atoms with Gasteiger partial charge in [0.05, 0.1) is 10.4 Å². The molecule has 0 radical (unpaired) electrons. The molecule has 10 heteroatoms. The molecule has 0 spiro atoms. The van der Waals surface area contributed by atoms with Crippen molar-refractivity contribution in [2.75, 3.05) is 5.32 Å². The van der Waals surface area contributed by atoms with E-state index in [-0.39, 0.29) is 27.3 Å². The zero-order valence-electron chi connectivity index (χ0n) is 15.4. The number of sulfone groups is 1. The van der Waals surface area contributed by atoms with Crippen molar-refractivity contribution in [1.82, 2.24) is 9.97 Å². The van der Waals surface area contributed by atoms with Crippen molar-refractivity contribution < 1.29 is 22.0 Å². The summed E-state index contributed by atoms with van der Waals surface area (Å²) in [6.07, 6.45) is 0. The first-order valence-electron chi connectivity index (χ1n) is 8.60. The fraction of sp³-hybridized carbons (Fsp3) is 0.0500. The molecule has 0 atom stereocenters. The lowest BCUT2D eigenvalue weighted by atomic mass is 10.1. The third-order valence-electron chi connectivity index (χ3n) is 4.15. The molecular weight excluding hydrogens is 432 g/mol. The van der Waals surface area contributed by atoms with Crippen molar-refractivity contribution in [3.8, 4) is 11.3 Å². The Labute approximate surface area is 174 Å². The minimum atomic E-state index is -4.20. The van der Waals surface area contributed by atoms with Gasteiger partial charge in [-0.15, -0.1) is 0 Å². The van der Waals surface area contributed by atoms with Crippen molar-refractivity contribution >= 4 is 42.4 Å². The molecular formula is C20H13F2N3O3S2. The topological polar surface area (TPSA) is 89.0 Å². The van der Waals surface area contributed by atoms with Crippen LogP contribution in [0.4, 0.5) is 13.9 Å².